The Morgan fingerprint density at radius 2 is 2.07 bits per heavy atom. The Labute approximate surface area is 166 Å². The molecular formula is C19H23N5O5. The summed E-state index contributed by atoms with van der Waals surface area (Å²) < 4.78 is 12.3. The second kappa shape index (κ2) is 8.29. The fourth-order valence-corrected chi connectivity index (χ4v) is 3.43. The first-order valence-electron chi connectivity index (χ1n) is 9.29. The first-order valence-corrected chi connectivity index (χ1v) is 9.29. The van der Waals surface area contributed by atoms with Gasteiger partial charge in [0.2, 0.25) is 0 Å². The SMILES string of the molecule is COc1cccc(CCNc2ncnc3c2ncn3[C@@H]2O[C@H](CO)[C@@H](O)[C@H]2O)c1. The highest BCUT2D eigenvalue weighted by Crippen LogP contribution is 2.32. The van der Waals surface area contributed by atoms with Gasteiger partial charge in [-0.25, -0.2) is 15.0 Å². The van der Waals surface area contributed by atoms with Crippen molar-refractivity contribution >= 4 is 17.0 Å². The standard InChI is InChI=1S/C19H23N5O5/c1-28-12-4-2-3-11(7-12)5-6-20-17-14-18(22-9-21-17)24(10-23-14)19-16(27)15(26)13(8-25)29-19/h2-4,7,9-10,13,15-16,19,25-27H,5-6,8H2,1H3,(H,20,21,22)/t13-,15-,16-,19-/m1/s1. The maximum absolute atomic E-state index is 10.3. The number of hydrogen-bond donors (Lipinski definition) is 4. The number of aliphatic hydroxyl groups is 3. The smallest absolute Gasteiger partial charge is 0.167 e. The number of nitrogens with one attached hydrogen (secondary N) is 1. The molecule has 0 amide bonds. The van der Waals surface area contributed by atoms with Crippen LogP contribution in [0.3, 0.4) is 0 Å². The molecule has 4 N–H and O–H groups in total. The Hall–Kier alpha value is -2.79. The van der Waals surface area contributed by atoms with Crippen LogP contribution in [0.25, 0.3) is 11.2 Å². The lowest BCUT2D eigenvalue weighted by Gasteiger charge is -2.16. The van der Waals surface area contributed by atoms with Crippen LogP contribution < -0.4 is 10.1 Å². The quantitative estimate of drug-likeness (QED) is 0.435. The Balaban J connectivity index is 1.50. The molecule has 0 bridgehead atoms. The van der Waals surface area contributed by atoms with Gasteiger partial charge in [-0.3, -0.25) is 4.57 Å². The van der Waals surface area contributed by atoms with Gasteiger partial charge in [-0.1, -0.05) is 12.1 Å². The maximum atomic E-state index is 10.3. The van der Waals surface area contributed by atoms with Gasteiger partial charge < -0.3 is 30.1 Å². The van der Waals surface area contributed by atoms with Gasteiger partial charge in [0.1, 0.15) is 30.4 Å². The Morgan fingerprint density at radius 1 is 1.21 bits per heavy atom. The van der Waals surface area contributed by atoms with Crippen molar-refractivity contribution in [2.45, 2.75) is 31.0 Å². The normalized spacial score (nSPS) is 24.1. The van der Waals surface area contributed by atoms with E-state index < -0.39 is 31.1 Å². The molecule has 0 unspecified atom stereocenters. The third kappa shape index (κ3) is 3.75. The minimum Gasteiger partial charge on any atom is -0.497 e. The number of nitrogens with zero attached hydrogens (tertiary/aromatic N) is 4. The van der Waals surface area contributed by atoms with E-state index in [4.69, 9.17) is 9.47 Å². The first kappa shape index (κ1) is 19.5. The lowest BCUT2D eigenvalue weighted by molar-refractivity contribution is -0.0511. The van der Waals surface area contributed by atoms with Gasteiger partial charge in [-0.2, -0.15) is 0 Å². The second-order valence-electron chi connectivity index (χ2n) is 6.80. The average Bonchev–Trinajstić information content (AvgIpc) is 3.30. The van der Waals surface area contributed by atoms with Crippen LogP contribution >= 0.6 is 0 Å². The zero-order chi connectivity index (χ0) is 20.4. The molecule has 10 heteroatoms. The van der Waals surface area contributed by atoms with Crippen LogP contribution in [0.5, 0.6) is 5.75 Å². The van der Waals surface area contributed by atoms with Gasteiger partial charge in [0, 0.05) is 6.54 Å². The molecule has 0 spiro atoms. The summed E-state index contributed by atoms with van der Waals surface area (Å²) in [6, 6.07) is 7.85. The Morgan fingerprint density at radius 3 is 2.83 bits per heavy atom. The van der Waals surface area contributed by atoms with E-state index in [1.54, 1.807) is 7.11 Å². The molecule has 1 aromatic carbocycles. The minimum absolute atomic E-state index is 0.395. The van der Waals surface area contributed by atoms with Gasteiger partial charge in [-0.15, -0.1) is 0 Å². The number of imidazole rings is 1. The van der Waals surface area contributed by atoms with Crippen molar-refractivity contribution in [3.05, 3.63) is 42.5 Å². The highest BCUT2D eigenvalue weighted by molar-refractivity contribution is 5.82. The molecule has 0 saturated carbocycles. The molecule has 154 valence electrons. The van der Waals surface area contributed by atoms with E-state index in [1.165, 1.54) is 17.2 Å². The number of benzene rings is 1. The number of anilines is 1. The third-order valence-electron chi connectivity index (χ3n) is 4.99. The fourth-order valence-electron chi connectivity index (χ4n) is 3.43. The molecular weight excluding hydrogens is 378 g/mol. The summed E-state index contributed by atoms with van der Waals surface area (Å²) in [5, 5.41) is 32.8. The molecule has 1 aliphatic rings. The zero-order valence-electron chi connectivity index (χ0n) is 15.8. The monoisotopic (exact) mass is 401 g/mol. The maximum Gasteiger partial charge on any atom is 0.167 e. The fraction of sp³-hybridized carbons (Fsp3) is 0.421. The van der Waals surface area contributed by atoms with E-state index in [9.17, 15) is 15.3 Å². The van der Waals surface area contributed by atoms with Crippen molar-refractivity contribution in [3.63, 3.8) is 0 Å². The number of aliphatic hydroxyl groups excluding tert-OH is 3. The van der Waals surface area contributed by atoms with Crippen LogP contribution in [0.15, 0.2) is 36.9 Å². The molecule has 1 saturated heterocycles. The van der Waals surface area contributed by atoms with E-state index >= 15 is 0 Å². The number of ether oxygens (including phenoxy) is 2. The molecule has 10 nitrogen and oxygen atoms in total. The van der Waals surface area contributed by atoms with Crippen LogP contribution in [0.4, 0.5) is 5.82 Å². The molecule has 0 radical (unpaired) electrons. The average molecular weight is 401 g/mol. The second-order valence-corrected chi connectivity index (χ2v) is 6.80. The van der Waals surface area contributed by atoms with Crippen LogP contribution in [0.2, 0.25) is 0 Å². The summed E-state index contributed by atoms with van der Waals surface area (Å²) >= 11 is 0. The van der Waals surface area contributed by atoms with Gasteiger partial charge in [0.05, 0.1) is 20.0 Å². The van der Waals surface area contributed by atoms with Crippen molar-refractivity contribution in [3.8, 4) is 5.75 Å². The molecule has 1 fully saturated rings. The lowest BCUT2D eigenvalue weighted by Crippen LogP contribution is -2.33. The van der Waals surface area contributed by atoms with Crippen molar-refractivity contribution in [1.82, 2.24) is 19.5 Å². The highest BCUT2D eigenvalue weighted by atomic mass is 16.6. The van der Waals surface area contributed by atoms with Crippen molar-refractivity contribution in [2.24, 2.45) is 0 Å². The van der Waals surface area contributed by atoms with Gasteiger partial charge in [0.25, 0.3) is 0 Å². The molecule has 3 heterocycles. The first-order chi connectivity index (χ1) is 14.1. The molecule has 2 aromatic heterocycles. The van der Waals surface area contributed by atoms with Gasteiger partial charge in [0.15, 0.2) is 23.2 Å². The summed E-state index contributed by atoms with van der Waals surface area (Å²) in [6.45, 7) is 0.230. The largest absolute Gasteiger partial charge is 0.497 e. The predicted molar refractivity (Wildman–Crippen MR) is 104 cm³/mol. The number of fused-ring (bicyclic) bond motifs is 1. The Bertz CT molecular complexity index is 981. The van der Waals surface area contributed by atoms with E-state index in [0.29, 0.717) is 23.5 Å². The number of aromatic nitrogens is 4. The van der Waals surface area contributed by atoms with Crippen molar-refractivity contribution < 1.29 is 24.8 Å². The predicted octanol–water partition coefficient (Wildman–Crippen LogP) is 0.101. The van der Waals surface area contributed by atoms with Crippen molar-refractivity contribution in [1.29, 1.82) is 0 Å². The minimum atomic E-state index is -1.20. The van der Waals surface area contributed by atoms with E-state index in [1.807, 2.05) is 24.3 Å². The zero-order valence-corrected chi connectivity index (χ0v) is 15.8. The summed E-state index contributed by atoms with van der Waals surface area (Å²) in [5.74, 6) is 1.37. The lowest BCUT2D eigenvalue weighted by atomic mass is 10.1. The topological polar surface area (TPSA) is 135 Å². The Kier molecular flexibility index (Phi) is 5.58. The molecule has 1 aliphatic heterocycles. The summed E-state index contributed by atoms with van der Waals surface area (Å²) in [7, 11) is 1.64. The highest BCUT2D eigenvalue weighted by Gasteiger charge is 2.44. The number of hydrogen-bond acceptors (Lipinski definition) is 9. The molecule has 0 aliphatic carbocycles. The summed E-state index contributed by atoms with van der Waals surface area (Å²) in [5.41, 5.74) is 2.11. The molecule has 4 rings (SSSR count). The number of methoxy groups -OCH3 is 1. The van der Waals surface area contributed by atoms with Crippen molar-refractivity contribution in [2.75, 3.05) is 25.6 Å². The molecule has 3 aromatic rings. The third-order valence-corrected chi connectivity index (χ3v) is 4.99. The van der Waals surface area contributed by atoms with Gasteiger partial charge >= 0.3 is 0 Å². The van der Waals surface area contributed by atoms with Crippen LogP contribution in [-0.4, -0.2) is 73.4 Å². The van der Waals surface area contributed by atoms with E-state index in [0.717, 1.165) is 17.7 Å². The van der Waals surface area contributed by atoms with E-state index in [2.05, 4.69) is 20.3 Å². The molecule has 4 atom stereocenters. The number of rotatable bonds is 7. The van der Waals surface area contributed by atoms with Crippen LogP contribution in [0, 0.1) is 0 Å². The van der Waals surface area contributed by atoms with E-state index in [-0.39, 0.29) is 0 Å². The molecule has 29 heavy (non-hydrogen) atoms. The van der Waals surface area contributed by atoms with Crippen LogP contribution in [0.1, 0.15) is 11.8 Å². The summed E-state index contributed by atoms with van der Waals surface area (Å²) in [4.78, 5) is 12.9. The summed E-state index contributed by atoms with van der Waals surface area (Å²) in [6.07, 6.45) is -0.518. The van der Waals surface area contributed by atoms with Gasteiger partial charge in [-0.05, 0) is 24.1 Å². The van der Waals surface area contributed by atoms with Crippen LogP contribution in [-0.2, 0) is 11.2 Å².